The lowest BCUT2D eigenvalue weighted by atomic mass is 10.1. The van der Waals surface area contributed by atoms with Gasteiger partial charge in [-0.25, -0.2) is 0 Å². The molecule has 0 nitrogen and oxygen atoms in total. The molecule has 0 amide bonds. The third-order valence-electron chi connectivity index (χ3n) is 3.13. The van der Waals surface area contributed by atoms with Crippen LogP contribution in [-0.2, 0) is 6.42 Å². The normalized spacial score (nSPS) is 25.2. The van der Waals surface area contributed by atoms with Gasteiger partial charge in [-0.2, -0.15) is 0 Å². The predicted molar refractivity (Wildman–Crippen MR) is 81.4 cm³/mol. The van der Waals surface area contributed by atoms with E-state index in [1.165, 1.54) is 14.8 Å². The van der Waals surface area contributed by atoms with Gasteiger partial charge in [0.2, 0.25) is 0 Å². The van der Waals surface area contributed by atoms with Crippen LogP contribution in [0.15, 0.2) is 32.7 Å². The van der Waals surface area contributed by atoms with Crippen LogP contribution in [0.2, 0.25) is 0 Å². The molecule has 1 aliphatic carbocycles. The fourth-order valence-electron chi connectivity index (χ4n) is 2.42. The average Bonchev–Trinajstić information content (AvgIpc) is 2.84. The first-order valence-corrected chi connectivity index (χ1v) is 9.16. The quantitative estimate of drug-likeness (QED) is 0.598. The van der Waals surface area contributed by atoms with Gasteiger partial charge in [0.15, 0.2) is 0 Å². The van der Waals surface area contributed by atoms with E-state index in [9.17, 15) is 0 Å². The molecule has 1 aromatic heterocycles. The van der Waals surface area contributed by atoms with Gasteiger partial charge in [-0.15, -0.1) is 46.2 Å². The molecule has 2 heterocycles. The largest absolute Gasteiger partial charge is 0.145 e. The van der Waals surface area contributed by atoms with E-state index in [-0.39, 0.29) is 0 Å². The zero-order valence-electron chi connectivity index (χ0n) is 8.71. The Labute approximate surface area is 121 Å². The maximum Gasteiger partial charge on any atom is 0.145 e. The Kier molecular flexibility index (Phi) is 2.66. The Bertz CT molecular complexity index is 638. The van der Waals surface area contributed by atoms with Gasteiger partial charge in [0.1, 0.15) is 3.14 Å². The first kappa shape index (κ1) is 11.1. The maximum absolute atomic E-state index is 5.30. The molecular weight excluding hydrogens is 304 g/mol. The van der Waals surface area contributed by atoms with E-state index in [0.717, 1.165) is 3.14 Å². The van der Waals surface area contributed by atoms with Gasteiger partial charge < -0.3 is 0 Å². The van der Waals surface area contributed by atoms with Gasteiger partial charge in [0.25, 0.3) is 0 Å². The fraction of sp³-hybridized carbons (Fsp3) is 0.250. The summed E-state index contributed by atoms with van der Waals surface area (Å²) in [7, 11) is 0. The van der Waals surface area contributed by atoms with Crippen LogP contribution in [-0.4, -0.2) is 5.25 Å². The second kappa shape index (κ2) is 4.10. The molecule has 2 aliphatic rings. The number of fused-ring (bicyclic) bond motifs is 4. The molecule has 1 aliphatic heterocycles. The lowest BCUT2D eigenvalue weighted by Gasteiger charge is -2.23. The third kappa shape index (κ3) is 1.75. The van der Waals surface area contributed by atoms with Crippen molar-refractivity contribution in [3.63, 3.8) is 0 Å². The van der Waals surface area contributed by atoms with Crippen LogP contribution in [0.25, 0.3) is 0 Å². The minimum Gasteiger partial charge on any atom is -0.108 e. The summed E-state index contributed by atoms with van der Waals surface area (Å²) in [6, 6.07) is 8.90. The van der Waals surface area contributed by atoms with Crippen molar-refractivity contribution in [3.8, 4) is 0 Å². The Hall–Kier alpha value is 0.190. The van der Waals surface area contributed by atoms with Crippen molar-refractivity contribution in [3.05, 3.63) is 38.5 Å². The number of hydrogen-bond acceptors (Lipinski definition) is 5. The summed E-state index contributed by atoms with van der Waals surface area (Å²) >= 11 is 13.0. The molecule has 86 valence electrons. The minimum absolute atomic E-state index is 0.643. The summed E-state index contributed by atoms with van der Waals surface area (Å²) in [5.41, 5.74) is 3.09. The molecule has 0 unspecified atom stereocenters. The molecule has 2 aromatic rings. The predicted octanol–water partition coefficient (Wildman–Crippen LogP) is 5.40. The molecule has 4 rings (SSSR count). The van der Waals surface area contributed by atoms with E-state index in [0.29, 0.717) is 10.5 Å². The topological polar surface area (TPSA) is 0 Å². The standard InChI is InChI=1S/C12H8S5/c13-12-16-10-11(17-12)15-9-7-4-2-1-3-6(7)5-8(9)14-10/h1-4,8-9H,5H2/t8-,9+/m0/s1. The summed E-state index contributed by atoms with van der Waals surface area (Å²) in [6.45, 7) is 0. The van der Waals surface area contributed by atoms with Gasteiger partial charge in [-0.1, -0.05) is 36.5 Å². The smallest absolute Gasteiger partial charge is 0.108 e. The zero-order valence-corrected chi connectivity index (χ0v) is 12.8. The van der Waals surface area contributed by atoms with Crippen molar-refractivity contribution in [2.45, 2.75) is 25.3 Å². The maximum atomic E-state index is 5.30. The molecule has 0 bridgehead atoms. The van der Waals surface area contributed by atoms with Crippen LogP contribution >= 0.6 is 58.4 Å². The fourth-order valence-corrected chi connectivity index (χ4v) is 9.50. The Morgan fingerprint density at radius 1 is 1.06 bits per heavy atom. The average molecular weight is 313 g/mol. The second-order valence-electron chi connectivity index (χ2n) is 4.13. The van der Waals surface area contributed by atoms with Crippen LogP contribution in [0.1, 0.15) is 16.4 Å². The number of thioether (sulfide) groups is 2. The first-order chi connectivity index (χ1) is 8.31. The van der Waals surface area contributed by atoms with Gasteiger partial charge in [-0.05, 0) is 17.5 Å². The highest BCUT2D eigenvalue weighted by Gasteiger charge is 2.38. The Morgan fingerprint density at radius 3 is 2.71 bits per heavy atom. The van der Waals surface area contributed by atoms with Crippen LogP contribution in [0.5, 0.6) is 0 Å². The monoisotopic (exact) mass is 312 g/mol. The van der Waals surface area contributed by atoms with Crippen molar-refractivity contribution >= 4 is 58.4 Å². The van der Waals surface area contributed by atoms with Gasteiger partial charge >= 0.3 is 0 Å². The molecule has 1 aromatic carbocycles. The number of hydrogen-bond donors (Lipinski definition) is 0. The Balaban J connectivity index is 1.81. The molecule has 0 saturated carbocycles. The van der Waals surface area contributed by atoms with Crippen LogP contribution in [0, 0.1) is 3.14 Å². The molecule has 0 fully saturated rings. The highest BCUT2D eigenvalue weighted by Crippen LogP contribution is 2.59. The molecule has 0 saturated heterocycles. The van der Waals surface area contributed by atoms with Crippen molar-refractivity contribution in [2.24, 2.45) is 0 Å². The van der Waals surface area contributed by atoms with Crippen molar-refractivity contribution in [1.29, 1.82) is 0 Å². The lowest BCUT2D eigenvalue weighted by Crippen LogP contribution is -2.09. The van der Waals surface area contributed by atoms with E-state index in [2.05, 4.69) is 24.3 Å². The van der Waals surface area contributed by atoms with E-state index in [4.69, 9.17) is 12.2 Å². The van der Waals surface area contributed by atoms with Crippen LogP contribution in [0.4, 0.5) is 0 Å². The molecule has 5 heteroatoms. The molecule has 0 radical (unpaired) electrons. The zero-order chi connectivity index (χ0) is 11.4. The molecular formula is C12H8S5. The highest BCUT2D eigenvalue weighted by molar-refractivity contribution is 8.09. The summed E-state index contributed by atoms with van der Waals surface area (Å²) in [5.74, 6) is 0. The summed E-state index contributed by atoms with van der Waals surface area (Å²) in [5, 5.41) is 1.36. The molecule has 0 N–H and O–H groups in total. The van der Waals surface area contributed by atoms with Crippen molar-refractivity contribution < 1.29 is 0 Å². The minimum atomic E-state index is 0.643. The van der Waals surface area contributed by atoms with E-state index < -0.39 is 0 Å². The van der Waals surface area contributed by atoms with Gasteiger partial charge in [0, 0.05) is 10.5 Å². The number of benzene rings is 1. The third-order valence-corrected chi connectivity index (χ3v) is 9.42. The Morgan fingerprint density at radius 2 is 1.82 bits per heavy atom. The van der Waals surface area contributed by atoms with Gasteiger partial charge in [0.05, 0.1) is 8.42 Å². The van der Waals surface area contributed by atoms with Gasteiger partial charge in [-0.3, -0.25) is 0 Å². The van der Waals surface area contributed by atoms with Crippen molar-refractivity contribution in [1.82, 2.24) is 0 Å². The van der Waals surface area contributed by atoms with Crippen molar-refractivity contribution in [2.75, 3.05) is 0 Å². The molecule has 17 heavy (non-hydrogen) atoms. The first-order valence-electron chi connectivity index (χ1n) is 5.36. The summed E-state index contributed by atoms with van der Waals surface area (Å²) < 4.78 is 3.98. The molecule has 0 spiro atoms. The number of rotatable bonds is 0. The molecule has 2 atom stereocenters. The van der Waals surface area contributed by atoms with Crippen LogP contribution in [0.3, 0.4) is 0 Å². The summed E-state index contributed by atoms with van der Waals surface area (Å²) in [6.07, 6.45) is 1.22. The van der Waals surface area contributed by atoms with E-state index in [1.54, 1.807) is 33.8 Å². The van der Waals surface area contributed by atoms with Crippen LogP contribution < -0.4 is 0 Å². The highest BCUT2D eigenvalue weighted by atomic mass is 32.2. The SMILES string of the molecule is S=c1sc2c(s1)S[C@@H]1c3ccccc3C[C@@H]1S2. The summed E-state index contributed by atoms with van der Waals surface area (Å²) in [4.78, 5) is 0. The van der Waals surface area contributed by atoms with E-state index >= 15 is 0 Å². The second-order valence-corrected chi connectivity index (χ2v) is 10.3. The van der Waals surface area contributed by atoms with E-state index in [1.807, 2.05) is 23.5 Å². The lowest BCUT2D eigenvalue weighted by molar-refractivity contribution is 0.906.